The summed E-state index contributed by atoms with van der Waals surface area (Å²) in [7, 11) is 0. The molecule has 0 saturated carbocycles. The van der Waals surface area contributed by atoms with Crippen LogP contribution in [0.15, 0.2) is 48.5 Å². The van der Waals surface area contributed by atoms with Gasteiger partial charge < -0.3 is 15.0 Å². The Kier molecular flexibility index (Phi) is 6.12. The number of carbonyl (C=O) groups excluding carboxylic acids is 2. The average molecular weight is 366 g/mol. The van der Waals surface area contributed by atoms with Crippen LogP contribution in [0.2, 0.25) is 0 Å². The summed E-state index contributed by atoms with van der Waals surface area (Å²) in [4.78, 5) is 26.0. The Bertz CT molecular complexity index is 801. The summed E-state index contributed by atoms with van der Waals surface area (Å²) in [5.74, 6) is 0.915. The normalized spacial score (nSPS) is 14.9. The number of benzene rings is 2. The molecule has 2 amide bonds. The Morgan fingerprint density at radius 2 is 1.93 bits per heavy atom. The highest BCUT2D eigenvalue weighted by atomic mass is 16.5. The van der Waals surface area contributed by atoms with Crippen molar-refractivity contribution in [3.05, 3.63) is 65.2 Å². The molecule has 2 aromatic rings. The fraction of sp³-hybridized carbons (Fsp3) is 0.364. The molecule has 1 aliphatic rings. The molecule has 1 N–H and O–H groups in total. The smallest absolute Gasteiger partial charge is 0.251 e. The molecule has 27 heavy (non-hydrogen) atoms. The summed E-state index contributed by atoms with van der Waals surface area (Å²) in [6.45, 7) is 5.76. The quantitative estimate of drug-likeness (QED) is 0.818. The largest absolute Gasteiger partial charge is 0.491 e. The van der Waals surface area contributed by atoms with Gasteiger partial charge in [0.15, 0.2) is 0 Å². The Hall–Kier alpha value is -2.82. The van der Waals surface area contributed by atoms with E-state index in [0.717, 1.165) is 29.8 Å². The molecule has 0 aliphatic carbocycles. The molecule has 1 aliphatic heterocycles. The van der Waals surface area contributed by atoms with Crippen molar-refractivity contribution in [1.29, 1.82) is 0 Å². The summed E-state index contributed by atoms with van der Waals surface area (Å²) in [6, 6.07) is 15.1. The van der Waals surface area contributed by atoms with Gasteiger partial charge in [-0.05, 0) is 49.6 Å². The van der Waals surface area contributed by atoms with Crippen LogP contribution in [-0.4, -0.2) is 35.9 Å². The number of nitrogens with zero attached hydrogens (tertiary/aromatic N) is 1. The van der Waals surface area contributed by atoms with Crippen molar-refractivity contribution in [2.45, 2.75) is 39.3 Å². The number of hydrogen-bond acceptors (Lipinski definition) is 3. The zero-order valence-corrected chi connectivity index (χ0v) is 15.9. The van der Waals surface area contributed by atoms with Crippen LogP contribution < -0.4 is 10.1 Å². The van der Waals surface area contributed by atoms with Gasteiger partial charge in [0, 0.05) is 25.1 Å². The molecule has 2 aromatic carbocycles. The summed E-state index contributed by atoms with van der Waals surface area (Å²) in [5.41, 5.74) is 2.72. The first-order valence-corrected chi connectivity index (χ1v) is 9.39. The van der Waals surface area contributed by atoms with Crippen LogP contribution in [0, 0.1) is 6.92 Å². The molecule has 0 spiro atoms. The molecule has 3 rings (SSSR count). The van der Waals surface area contributed by atoms with Crippen molar-refractivity contribution in [1.82, 2.24) is 10.2 Å². The minimum atomic E-state index is -0.125. The standard InChI is InChI=1S/C22H26N2O3/c1-16-6-3-4-7-20(16)27-15-17(2)23-22(26)19-11-9-18(10-12-19)14-24-13-5-8-21(24)25/h3-4,6-7,9-12,17H,5,8,13-15H2,1-2H3,(H,23,26). The lowest BCUT2D eigenvalue weighted by atomic mass is 10.1. The molecule has 142 valence electrons. The molecule has 5 heteroatoms. The third kappa shape index (κ3) is 5.09. The molecular weight excluding hydrogens is 340 g/mol. The Morgan fingerprint density at radius 3 is 2.59 bits per heavy atom. The third-order valence-corrected chi connectivity index (χ3v) is 4.72. The zero-order chi connectivity index (χ0) is 19.2. The number of ether oxygens (including phenoxy) is 1. The second kappa shape index (κ2) is 8.71. The topological polar surface area (TPSA) is 58.6 Å². The molecule has 1 heterocycles. The van der Waals surface area contributed by atoms with Crippen LogP contribution in [-0.2, 0) is 11.3 Å². The van der Waals surface area contributed by atoms with E-state index in [2.05, 4.69) is 5.32 Å². The van der Waals surface area contributed by atoms with E-state index in [1.807, 2.05) is 55.1 Å². The minimum absolute atomic E-state index is 0.112. The van der Waals surface area contributed by atoms with Crippen LogP contribution in [0.1, 0.15) is 41.3 Å². The number of rotatable bonds is 7. The van der Waals surface area contributed by atoms with E-state index in [0.29, 0.717) is 25.1 Å². The van der Waals surface area contributed by atoms with Gasteiger partial charge in [0.1, 0.15) is 12.4 Å². The third-order valence-electron chi connectivity index (χ3n) is 4.72. The maximum Gasteiger partial charge on any atom is 0.251 e. The zero-order valence-electron chi connectivity index (χ0n) is 15.9. The highest BCUT2D eigenvalue weighted by molar-refractivity contribution is 5.94. The predicted octanol–water partition coefficient (Wildman–Crippen LogP) is 3.31. The maximum atomic E-state index is 12.4. The summed E-state index contributed by atoms with van der Waals surface area (Å²) < 4.78 is 5.79. The Balaban J connectivity index is 1.50. The summed E-state index contributed by atoms with van der Waals surface area (Å²) in [5, 5.41) is 2.96. The van der Waals surface area contributed by atoms with E-state index in [-0.39, 0.29) is 17.9 Å². The van der Waals surface area contributed by atoms with Crippen molar-refractivity contribution in [3.63, 3.8) is 0 Å². The van der Waals surface area contributed by atoms with Crippen molar-refractivity contribution in [2.75, 3.05) is 13.2 Å². The lowest BCUT2D eigenvalue weighted by Crippen LogP contribution is -2.36. The lowest BCUT2D eigenvalue weighted by molar-refractivity contribution is -0.128. The molecule has 1 saturated heterocycles. The van der Waals surface area contributed by atoms with E-state index < -0.39 is 0 Å². The molecule has 0 aromatic heterocycles. The van der Waals surface area contributed by atoms with Gasteiger partial charge in [-0.25, -0.2) is 0 Å². The molecule has 5 nitrogen and oxygen atoms in total. The molecule has 0 bridgehead atoms. The Morgan fingerprint density at radius 1 is 1.19 bits per heavy atom. The fourth-order valence-corrected chi connectivity index (χ4v) is 3.14. The van der Waals surface area contributed by atoms with E-state index in [1.165, 1.54) is 0 Å². The monoisotopic (exact) mass is 366 g/mol. The first-order chi connectivity index (χ1) is 13.0. The van der Waals surface area contributed by atoms with Gasteiger partial charge in [0.05, 0.1) is 6.04 Å². The van der Waals surface area contributed by atoms with Crippen molar-refractivity contribution in [2.24, 2.45) is 0 Å². The molecule has 1 unspecified atom stereocenters. The van der Waals surface area contributed by atoms with Gasteiger partial charge in [-0.15, -0.1) is 0 Å². The molecule has 1 fully saturated rings. The number of nitrogens with one attached hydrogen (secondary N) is 1. The summed E-state index contributed by atoms with van der Waals surface area (Å²) >= 11 is 0. The predicted molar refractivity (Wildman–Crippen MR) is 105 cm³/mol. The van der Waals surface area contributed by atoms with Crippen LogP contribution in [0.3, 0.4) is 0 Å². The van der Waals surface area contributed by atoms with Crippen LogP contribution >= 0.6 is 0 Å². The first kappa shape index (κ1) is 19.0. The van der Waals surface area contributed by atoms with Crippen LogP contribution in [0.5, 0.6) is 5.75 Å². The first-order valence-electron chi connectivity index (χ1n) is 9.39. The minimum Gasteiger partial charge on any atom is -0.491 e. The summed E-state index contributed by atoms with van der Waals surface area (Å²) in [6.07, 6.45) is 1.57. The highest BCUT2D eigenvalue weighted by Gasteiger charge is 2.20. The lowest BCUT2D eigenvalue weighted by Gasteiger charge is -2.17. The van der Waals surface area contributed by atoms with E-state index in [4.69, 9.17) is 4.74 Å². The SMILES string of the molecule is Cc1ccccc1OCC(C)NC(=O)c1ccc(CN2CCCC2=O)cc1. The van der Waals surface area contributed by atoms with Gasteiger partial charge in [-0.3, -0.25) is 9.59 Å². The van der Waals surface area contributed by atoms with Crippen LogP contribution in [0.25, 0.3) is 0 Å². The maximum absolute atomic E-state index is 12.4. The van der Waals surface area contributed by atoms with E-state index in [9.17, 15) is 9.59 Å². The number of aryl methyl sites for hydroxylation is 1. The highest BCUT2D eigenvalue weighted by Crippen LogP contribution is 2.17. The van der Waals surface area contributed by atoms with E-state index in [1.54, 1.807) is 12.1 Å². The number of amides is 2. The number of carbonyl (C=O) groups is 2. The van der Waals surface area contributed by atoms with Gasteiger partial charge in [0.2, 0.25) is 5.91 Å². The fourth-order valence-electron chi connectivity index (χ4n) is 3.14. The van der Waals surface area contributed by atoms with E-state index >= 15 is 0 Å². The Labute approximate surface area is 160 Å². The molecule has 0 radical (unpaired) electrons. The second-order valence-corrected chi connectivity index (χ2v) is 7.07. The number of para-hydroxylation sites is 1. The van der Waals surface area contributed by atoms with Crippen LogP contribution in [0.4, 0.5) is 0 Å². The van der Waals surface area contributed by atoms with Gasteiger partial charge in [0.25, 0.3) is 5.91 Å². The average Bonchev–Trinajstić information content (AvgIpc) is 3.06. The van der Waals surface area contributed by atoms with Gasteiger partial charge in [-0.1, -0.05) is 30.3 Å². The van der Waals surface area contributed by atoms with Crippen molar-refractivity contribution in [3.8, 4) is 5.75 Å². The van der Waals surface area contributed by atoms with Crippen molar-refractivity contribution < 1.29 is 14.3 Å². The van der Waals surface area contributed by atoms with Gasteiger partial charge >= 0.3 is 0 Å². The number of likely N-dealkylation sites (tertiary alicyclic amines) is 1. The molecule has 1 atom stereocenters. The van der Waals surface area contributed by atoms with Crippen molar-refractivity contribution >= 4 is 11.8 Å². The molecular formula is C22H26N2O3. The second-order valence-electron chi connectivity index (χ2n) is 7.07. The number of hydrogen-bond donors (Lipinski definition) is 1. The van der Waals surface area contributed by atoms with Gasteiger partial charge in [-0.2, -0.15) is 0 Å².